The molecule has 41 heavy (non-hydrogen) atoms. The number of hydrogen-bond donors (Lipinski definition) is 1. The van der Waals surface area contributed by atoms with Gasteiger partial charge in [0.2, 0.25) is 0 Å². The van der Waals surface area contributed by atoms with Crippen LogP contribution < -0.4 is 10.1 Å². The first kappa shape index (κ1) is 25.6. The number of aryl methyl sites for hydroxylation is 2. The van der Waals surface area contributed by atoms with E-state index >= 15 is 0 Å². The molecular weight excluding hydrogens is 520 g/mol. The predicted molar refractivity (Wildman–Crippen MR) is 158 cm³/mol. The smallest absolute Gasteiger partial charge is 0.308 e. The third-order valence-corrected chi connectivity index (χ3v) is 8.98. The van der Waals surface area contributed by atoms with E-state index in [1.54, 1.807) is 7.11 Å². The number of aromatic nitrogens is 2. The summed E-state index contributed by atoms with van der Waals surface area (Å²) in [5.41, 5.74) is 3.77. The maximum Gasteiger partial charge on any atom is 0.308 e. The Hall–Kier alpha value is -4.37. The first-order chi connectivity index (χ1) is 19.9. The van der Waals surface area contributed by atoms with Gasteiger partial charge in [0.25, 0.3) is 11.8 Å². The molecule has 4 heterocycles. The number of carbonyl (C=O) groups excluding carboxylic acids is 3. The number of esters is 1. The Balaban J connectivity index is 1.39. The summed E-state index contributed by atoms with van der Waals surface area (Å²) in [6, 6.07) is 12.1. The summed E-state index contributed by atoms with van der Waals surface area (Å²) in [4.78, 5) is 41.0. The Morgan fingerprint density at radius 1 is 0.927 bits per heavy atom. The van der Waals surface area contributed by atoms with Crippen molar-refractivity contribution in [2.45, 2.75) is 25.8 Å². The molecule has 2 aromatic heterocycles. The summed E-state index contributed by atoms with van der Waals surface area (Å²) in [5.74, 6) is -0.101. The number of nitrogens with one attached hydrogen (secondary N) is 1. The van der Waals surface area contributed by atoms with Crippen LogP contribution in [-0.4, -0.2) is 65.7 Å². The predicted octanol–water partition coefficient (Wildman–Crippen LogP) is 4.61. The molecule has 1 saturated heterocycles. The number of nitrogens with zero attached hydrogens (tertiary/aromatic N) is 3. The summed E-state index contributed by atoms with van der Waals surface area (Å²) >= 11 is 0. The number of fused-ring (bicyclic) bond motifs is 10. The van der Waals surface area contributed by atoms with Gasteiger partial charge in [-0.15, -0.1) is 0 Å². The van der Waals surface area contributed by atoms with Crippen LogP contribution >= 0.6 is 0 Å². The molecule has 0 aliphatic carbocycles. The van der Waals surface area contributed by atoms with E-state index in [4.69, 9.17) is 9.47 Å². The normalized spacial score (nSPS) is 16.3. The van der Waals surface area contributed by atoms with Crippen molar-refractivity contribution in [3.63, 3.8) is 0 Å². The molecule has 0 atom stereocenters. The molecule has 0 saturated carbocycles. The van der Waals surface area contributed by atoms with Crippen LogP contribution in [0.15, 0.2) is 42.6 Å². The van der Waals surface area contributed by atoms with Crippen LogP contribution in [0.1, 0.15) is 40.0 Å². The molecule has 1 fully saturated rings. The number of methoxy groups -OCH3 is 2. The van der Waals surface area contributed by atoms with Gasteiger partial charge in [-0.25, -0.2) is 0 Å². The minimum atomic E-state index is -0.355. The molecule has 210 valence electrons. The molecular formula is C32H32N4O5. The fraction of sp³-hybridized carbons (Fsp3) is 0.344. The van der Waals surface area contributed by atoms with Crippen LogP contribution in [0.4, 0.5) is 0 Å². The molecule has 5 aromatic rings. The van der Waals surface area contributed by atoms with Crippen LogP contribution in [0.5, 0.6) is 5.75 Å². The van der Waals surface area contributed by atoms with Gasteiger partial charge in [0, 0.05) is 52.8 Å². The lowest BCUT2D eigenvalue weighted by molar-refractivity contribution is -0.147. The first-order valence-corrected chi connectivity index (χ1v) is 14.1. The van der Waals surface area contributed by atoms with Gasteiger partial charge in [0.1, 0.15) is 5.75 Å². The molecule has 7 rings (SSSR count). The van der Waals surface area contributed by atoms with Crippen molar-refractivity contribution in [3.05, 3.63) is 53.7 Å². The molecule has 2 amide bonds. The number of hydrogen-bond acceptors (Lipinski definition) is 6. The SMILES string of the molecule is COC(=O)C1CCN(CCCn2c3cc(OC)ccc3c3c4c(c5c(ccc6ccn(C)c65)c32)C(=O)NC4=O)CC1. The van der Waals surface area contributed by atoms with E-state index in [0.717, 1.165) is 94.7 Å². The number of imide groups is 1. The van der Waals surface area contributed by atoms with Gasteiger partial charge in [0.05, 0.1) is 47.8 Å². The third-order valence-electron chi connectivity index (χ3n) is 8.98. The molecule has 2 aliphatic heterocycles. The summed E-state index contributed by atoms with van der Waals surface area (Å²) < 4.78 is 14.9. The second-order valence-electron chi connectivity index (χ2n) is 11.1. The van der Waals surface area contributed by atoms with Crippen LogP contribution in [0.2, 0.25) is 0 Å². The molecule has 0 spiro atoms. The number of rotatable bonds is 6. The third kappa shape index (κ3) is 3.83. The average molecular weight is 553 g/mol. The van der Waals surface area contributed by atoms with Crippen molar-refractivity contribution in [1.82, 2.24) is 19.4 Å². The zero-order valence-electron chi connectivity index (χ0n) is 23.5. The number of ether oxygens (including phenoxy) is 2. The van der Waals surface area contributed by atoms with Crippen molar-refractivity contribution in [2.75, 3.05) is 33.9 Å². The maximum atomic E-state index is 13.4. The molecule has 0 unspecified atom stereocenters. The quantitative estimate of drug-likeness (QED) is 0.244. The van der Waals surface area contributed by atoms with Gasteiger partial charge in [-0.2, -0.15) is 0 Å². The van der Waals surface area contributed by atoms with Gasteiger partial charge >= 0.3 is 5.97 Å². The van der Waals surface area contributed by atoms with E-state index in [-0.39, 0.29) is 23.7 Å². The number of piperidine rings is 1. The summed E-state index contributed by atoms with van der Waals surface area (Å²) in [5, 5.41) is 7.09. The Labute approximate surface area is 236 Å². The minimum Gasteiger partial charge on any atom is -0.497 e. The highest BCUT2D eigenvalue weighted by Crippen LogP contribution is 2.44. The van der Waals surface area contributed by atoms with E-state index in [2.05, 4.69) is 26.9 Å². The molecule has 3 aromatic carbocycles. The zero-order valence-corrected chi connectivity index (χ0v) is 23.5. The topological polar surface area (TPSA) is 94.8 Å². The number of amides is 2. The maximum absolute atomic E-state index is 13.4. The van der Waals surface area contributed by atoms with Crippen LogP contribution in [-0.2, 0) is 23.1 Å². The molecule has 9 heteroatoms. The van der Waals surface area contributed by atoms with Gasteiger partial charge in [-0.1, -0.05) is 12.1 Å². The fourth-order valence-electron chi connectivity index (χ4n) is 7.00. The Morgan fingerprint density at radius 2 is 1.63 bits per heavy atom. The fourth-order valence-corrected chi connectivity index (χ4v) is 7.00. The largest absolute Gasteiger partial charge is 0.497 e. The lowest BCUT2D eigenvalue weighted by Gasteiger charge is -2.30. The highest BCUT2D eigenvalue weighted by Gasteiger charge is 2.35. The second-order valence-corrected chi connectivity index (χ2v) is 11.1. The van der Waals surface area contributed by atoms with Gasteiger partial charge in [-0.05, 0) is 57.1 Å². The highest BCUT2D eigenvalue weighted by atomic mass is 16.5. The van der Waals surface area contributed by atoms with Crippen LogP contribution in [0, 0.1) is 5.92 Å². The second kappa shape index (κ2) is 9.62. The van der Waals surface area contributed by atoms with E-state index in [1.807, 2.05) is 42.1 Å². The lowest BCUT2D eigenvalue weighted by Crippen LogP contribution is -2.37. The van der Waals surface area contributed by atoms with Crippen molar-refractivity contribution in [2.24, 2.45) is 13.0 Å². The van der Waals surface area contributed by atoms with Crippen molar-refractivity contribution in [1.29, 1.82) is 0 Å². The van der Waals surface area contributed by atoms with Crippen LogP contribution in [0.25, 0.3) is 43.5 Å². The Morgan fingerprint density at radius 3 is 2.34 bits per heavy atom. The van der Waals surface area contributed by atoms with Crippen molar-refractivity contribution >= 4 is 61.3 Å². The van der Waals surface area contributed by atoms with Crippen molar-refractivity contribution < 1.29 is 23.9 Å². The summed E-state index contributed by atoms with van der Waals surface area (Å²) in [7, 11) is 5.07. The van der Waals surface area contributed by atoms with Crippen LogP contribution in [0.3, 0.4) is 0 Å². The van der Waals surface area contributed by atoms with Gasteiger partial charge in [0.15, 0.2) is 0 Å². The minimum absolute atomic E-state index is 0.0160. The van der Waals surface area contributed by atoms with E-state index in [9.17, 15) is 14.4 Å². The Kier molecular flexibility index (Phi) is 6.01. The standard InChI is InChI=1S/C32H32N4O5/c1-34-14-9-18-5-7-22-25(28(18)34)27-26(30(37)33-31(27)38)24-21-8-6-20(40-2)17-23(21)36(29(22)24)13-4-12-35-15-10-19(11-16-35)32(39)41-3/h5-9,14,17,19H,4,10-13,15-16H2,1-3H3,(H,33,37,38). The van der Waals surface area contributed by atoms with E-state index in [0.29, 0.717) is 11.1 Å². The summed E-state index contributed by atoms with van der Waals surface area (Å²) in [6.07, 6.45) is 4.49. The monoisotopic (exact) mass is 552 g/mol. The number of benzene rings is 3. The van der Waals surface area contributed by atoms with Crippen molar-refractivity contribution in [3.8, 4) is 5.75 Å². The molecule has 9 nitrogen and oxygen atoms in total. The Bertz CT molecular complexity index is 1910. The lowest BCUT2D eigenvalue weighted by atomic mass is 9.93. The average Bonchev–Trinajstić information content (AvgIpc) is 3.63. The summed E-state index contributed by atoms with van der Waals surface area (Å²) in [6.45, 7) is 3.34. The van der Waals surface area contributed by atoms with Gasteiger partial charge < -0.3 is 23.5 Å². The molecule has 0 bridgehead atoms. The van der Waals surface area contributed by atoms with E-state index in [1.165, 1.54) is 7.11 Å². The molecule has 2 aliphatic rings. The highest BCUT2D eigenvalue weighted by molar-refractivity contribution is 6.39. The molecule has 0 radical (unpaired) electrons. The van der Waals surface area contributed by atoms with Gasteiger partial charge in [-0.3, -0.25) is 19.7 Å². The number of carbonyl (C=O) groups is 3. The number of likely N-dealkylation sites (tertiary alicyclic amines) is 1. The molecule has 1 N–H and O–H groups in total. The zero-order chi connectivity index (χ0) is 28.4. The van der Waals surface area contributed by atoms with E-state index < -0.39 is 0 Å². The first-order valence-electron chi connectivity index (χ1n) is 14.1.